The van der Waals surface area contributed by atoms with E-state index in [9.17, 15) is 15.0 Å². The van der Waals surface area contributed by atoms with Crippen LogP contribution in [0.4, 0.5) is 5.69 Å². The maximum absolute atomic E-state index is 13.1. The molecule has 0 bridgehead atoms. The van der Waals surface area contributed by atoms with Crippen LogP contribution in [0.2, 0.25) is 0 Å². The zero-order chi connectivity index (χ0) is 20.0. The minimum atomic E-state index is -0.0422. The van der Waals surface area contributed by atoms with Crippen molar-refractivity contribution in [3.8, 4) is 11.5 Å². The van der Waals surface area contributed by atoms with Gasteiger partial charge in [0.1, 0.15) is 11.5 Å². The molecule has 0 radical (unpaired) electrons. The van der Waals surface area contributed by atoms with Crippen LogP contribution in [0.15, 0.2) is 29.8 Å². The van der Waals surface area contributed by atoms with E-state index in [2.05, 4.69) is 33.8 Å². The average Bonchev–Trinajstić information content (AvgIpc) is 2.55. The van der Waals surface area contributed by atoms with E-state index in [1.807, 2.05) is 0 Å². The van der Waals surface area contributed by atoms with Gasteiger partial charge in [-0.3, -0.25) is 4.79 Å². The Labute approximate surface area is 162 Å². The first-order chi connectivity index (χ1) is 12.5. The van der Waals surface area contributed by atoms with Crippen molar-refractivity contribution in [3.63, 3.8) is 0 Å². The van der Waals surface area contributed by atoms with E-state index >= 15 is 0 Å². The van der Waals surface area contributed by atoms with Crippen molar-refractivity contribution >= 4 is 11.6 Å². The summed E-state index contributed by atoms with van der Waals surface area (Å²) in [5.41, 5.74) is 2.28. The summed E-state index contributed by atoms with van der Waals surface area (Å²) in [6.07, 6.45) is 7.55. The molecule has 1 saturated carbocycles. The minimum Gasteiger partial charge on any atom is -0.508 e. The standard InChI is InChI=1S/C23H33NO3/c1-15-7-8-20-22(2,3)9-6-10-23(20,4)19(15)14-21(27)24(5)16-11-17(25)13-18(26)12-16/h7,11-13,19-20,25-26H,6,8-10,14H2,1-5H3. The molecular formula is C23H33NO3. The van der Waals surface area contributed by atoms with E-state index in [1.165, 1.54) is 43.0 Å². The van der Waals surface area contributed by atoms with Crippen molar-refractivity contribution in [1.29, 1.82) is 0 Å². The van der Waals surface area contributed by atoms with Crippen LogP contribution in [0, 0.1) is 22.7 Å². The molecule has 1 amide bonds. The number of anilines is 1. The van der Waals surface area contributed by atoms with Crippen molar-refractivity contribution in [2.24, 2.45) is 22.7 Å². The van der Waals surface area contributed by atoms with E-state index in [1.54, 1.807) is 11.9 Å². The first-order valence-electron chi connectivity index (χ1n) is 10.0. The number of amides is 1. The van der Waals surface area contributed by atoms with Crippen molar-refractivity contribution in [1.82, 2.24) is 0 Å². The quantitative estimate of drug-likeness (QED) is 0.714. The molecule has 2 N–H and O–H groups in total. The van der Waals surface area contributed by atoms with Crippen LogP contribution in [-0.4, -0.2) is 23.2 Å². The molecule has 0 aromatic heterocycles. The molecule has 2 aliphatic rings. The Bertz CT molecular complexity index is 747. The predicted molar refractivity (Wildman–Crippen MR) is 109 cm³/mol. The van der Waals surface area contributed by atoms with Crippen LogP contribution in [0.1, 0.15) is 59.8 Å². The molecule has 0 saturated heterocycles. The minimum absolute atomic E-state index is 0.0167. The van der Waals surface area contributed by atoms with Gasteiger partial charge in [0.15, 0.2) is 0 Å². The number of phenolic OH excluding ortho intramolecular Hbond substituents is 2. The van der Waals surface area contributed by atoms with Crippen LogP contribution >= 0.6 is 0 Å². The molecule has 3 atom stereocenters. The molecule has 1 fully saturated rings. The molecule has 148 valence electrons. The lowest BCUT2D eigenvalue weighted by Crippen LogP contribution is -2.49. The van der Waals surface area contributed by atoms with Gasteiger partial charge in [-0.25, -0.2) is 0 Å². The van der Waals surface area contributed by atoms with Gasteiger partial charge in [-0.15, -0.1) is 0 Å². The number of phenols is 2. The summed E-state index contributed by atoms with van der Waals surface area (Å²) in [4.78, 5) is 14.6. The maximum Gasteiger partial charge on any atom is 0.227 e. The predicted octanol–water partition coefficient (Wildman–Crippen LogP) is 5.25. The van der Waals surface area contributed by atoms with Gasteiger partial charge in [0.25, 0.3) is 0 Å². The number of aromatic hydroxyl groups is 2. The lowest BCUT2D eigenvalue weighted by Gasteiger charge is -2.56. The largest absolute Gasteiger partial charge is 0.508 e. The third-order valence-corrected chi connectivity index (χ3v) is 7.32. The zero-order valence-corrected chi connectivity index (χ0v) is 17.2. The Morgan fingerprint density at radius 2 is 1.78 bits per heavy atom. The Morgan fingerprint density at radius 1 is 1.15 bits per heavy atom. The van der Waals surface area contributed by atoms with Gasteiger partial charge >= 0.3 is 0 Å². The molecule has 4 nitrogen and oxygen atoms in total. The van der Waals surface area contributed by atoms with Crippen LogP contribution in [0.5, 0.6) is 11.5 Å². The summed E-state index contributed by atoms with van der Waals surface area (Å²) in [5, 5.41) is 19.5. The van der Waals surface area contributed by atoms with Gasteiger partial charge in [-0.05, 0) is 48.9 Å². The van der Waals surface area contributed by atoms with Crippen LogP contribution in [-0.2, 0) is 4.79 Å². The highest BCUT2D eigenvalue weighted by molar-refractivity contribution is 5.93. The Hall–Kier alpha value is -1.97. The van der Waals surface area contributed by atoms with Gasteiger partial charge in [0, 0.05) is 31.7 Å². The number of carbonyl (C=O) groups is 1. The lowest BCUT2D eigenvalue weighted by molar-refractivity contribution is -0.122. The highest BCUT2D eigenvalue weighted by atomic mass is 16.3. The molecular weight excluding hydrogens is 338 g/mol. The SMILES string of the molecule is CC1=CCC2C(C)(C)CCCC2(C)C1CC(=O)N(C)c1cc(O)cc(O)c1. The smallest absolute Gasteiger partial charge is 0.227 e. The van der Waals surface area contributed by atoms with E-state index in [0.29, 0.717) is 23.4 Å². The fraction of sp³-hybridized carbons (Fsp3) is 0.609. The molecule has 27 heavy (non-hydrogen) atoms. The Balaban J connectivity index is 1.85. The second-order valence-corrected chi connectivity index (χ2v) is 9.50. The molecule has 0 aliphatic heterocycles. The summed E-state index contributed by atoms with van der Waals surface area (Å²) in [6, 6.07) is 4.29. The van der Waals surface area contributed by atoms with E-state index in [-0.39, 0.29) is 28.7 Å². The molecule has 1 aromatic rings. The topological polar surface area (TPSA) is 60.8 Å². The number of nitrogens with zero attached hydrogens (tertiary/aromatic N) is 1. The third kappa shape index (κ3) is 3.59. The number of hydrogen-bond acceptors (Lipinski definition) is 3. The first kappa shape index (κ1) is 19.8. The Morgan fingerprint density at radius 3 is 2.41 bits per heavy atom. The number of carbonyl (C=O) groups excluding carboxylic acids is 1. The molecule has 1 aromatic carbocycles. The highest BCUT2D eigenvalue weighted by Crippen LogP contribution is 2.60. The fourth-order valence-corrected chi connectivity index (χ4v) is 5.76. The van der Waals surface area contributed by atoms with Gasteiger partial charge in [0.2, 0.25) is 5.91 Å². The van der Waals surface area contributed by atoms with Crippen LogP contribution in [0.25, 0.3) is 0 Å². The van der Waals surface area contributed by atoms with Crippen molar-refractivity contribution in [3.05, 3.63) is 29.8 Å². The second-order valence-electron chi connectivity index (χ2n) is 9.50. The summed E-state index contributed by atoms with van der Waals surface area (Å²) in [7, 11) is 1.71. The van der Waals surface area contributed by atoms with Gasteiger partial charge in [-0.1, -0.05) is 38.8 Å². The van der Waals surface area contributed by atoms with Gasteiger partial charge in [0.05, 0.1) is 5.69 Å². The monoisotopic (exact) mass is 371 g/mol. The molecule has 0 heterocycles. The molecule has 0 spiro atoms. The van der Waals surface area contributed by atoms with Crippen LogP contribution in [0.3, 0.4) is 0 Å². The molecule has 3 rings (SSSR count). The van der Waals surface area contributed by atoms with E-state index < -0.39 is 0 Å². The highest BCUT2D eigenvalue weighted by Gasteiger charge is 2.52. The summed E-state index contributed by atoms with van der Waals surface area (Å²) >= 11 is 0. The summed E-state index contributed by atoms with van der Waals surface area (Å²) in [5.74, 6) is 0.758. The fourth-order valence-electron chi connectivity index (χ4n) is 5.76. The third-order valence-electron chi connectivity index (χ3n) is 7.32. The molecule has 3 unspecified atom stereocenters. The Kier molecular flexibility index (Phi) is 5.04. The summed E-state index contributed by atoms with van der Waals surface area (Å²) in [6.45, 7) is 9.31. The number of allylic oxidation sites excluding steroid dienone is 2. The summed E-state index contributed by atoms with van der Waals surface area (Å²) < 4.78 is 0. The molecule has 2 aliphatic carbocycles. The lowest BCUT2D eigenvalue weighted by atomic mass is 9.48. The van der Waals surface area contributed by atoms with Gasteiger partial charge < -0.3 is 15.1 Å². The zero-order valence-electron chi connectivity index (χ0n) is 17.2. The number of fused-ring (bicyclic) bond motifs is 1. The average molecular weight is 372 g/mol. The van der Waals surface area contributed by atoms with Crippen molar-refractivity contribution < 1.29 is 15.0 Å². The van der Waals surface area contributed by atoms with E-state index in [0.717, 1.165) is 6.42 Å². The van der Waals surface area contributed by atoms with Crippen LogP contribution < -0.4 is 4.90 Å². The first-order valence-corrected chi connectivity index (χ1v) is 10.0. The van der Waals surface area contributed by atoms with Crippen molar-refractivity contribution in [2.45, 2.75) is 59.8 Å². The molecule has 4 heteroatoms. The number of hydrogen-bond donors (Lipinski definition) is 2. The second kappa shape index (κ2) is 6.88. The van der Waals surface area contributed by atoms with Crippen molar-refractivity contribution in [2.75, 3.05) is 11.9 Å². The van der Waals surface area contributed by atoms with E-state index in [4.69, 9.17) is 0 Å². The van der Waals surface area contributed by atoms with Gasteiger partial charge in [-0.2, -0.15) is 0 Å². The maximum atomic E-state index is 13.1. The number of benzene rings is 1. The number of rotatable bonds is 3. The normalized spacial score (nSPS) is 29.6.